The standard InChI is InChI=1S/C14H19FN2O2/c1-9-3-4-11(15)5-13(9)14(18)17-7-10(2)19-12(6-16)8-17/h3-5,10,12H,6-8,16H2,1-2H3. The van der Waals surface area contributed by atoms with E-state index in [-0.39, 0.29) is 18.1 Å². The molecule has 2 rings (SSSR count). The Kier molecular flexibility index (Phi) is 4.17. The predicted octanol–water partition coefficient (Wildman–Crippen LogP) is 1.32. The van der Waals surface area contributed by atoms with Gasteiger partial charge in [-0.05, 0) is 31.5 Å². The number of benzene rings is 1. The van der Waals surface area contributed by atoms with Crippen molar-refractivity contribution in [3.05, 3.63) is 35.1 Å². The van der Waals surface area contributed by atoms with Gasteiger partial charge >= 0.3 is 0 Å². The Morgan fingerprint density at radius 2 is 2.26 bits per heavy atom. The number of nitrogens with zero attached hydrogens (tertiary/aromatic N) is 1. The Balaban J connectivity index is 2.21. The van der Waals surface area contributed by atoms with Crippen LogP contribution in [0.4, 0.5) is 4.39 Å². The van der Waals surface area contributed by atoms with E-state index in [9.17, 15) is 9.18 Å². The molecule has 0 spiro atoms. The molecule has 0 aliphatic carbocycles. The number of aryl methyl sites for hydroxylation is 1. The lowest BCUT2D eigenvalue weighted by molar-refractivity contribution is -0.0626. The molecule has 5 heteroatoms. The molecule has 2 atom stereocenters. The third-order valence-electron chi connectivity index (χ3n) is 3.31. The number of ether oxygens (including phenoxy) is 1. The SMILES string of the molecule is Cc1ccc(F)cc1C(=O)N1CC(C)OC(CN)C1. The van der Waals surface area contributed by atoms with Crippen LogP contribution in [0.5, 0.6) is 0 Å². The van der Waals surface area contributed by atoms with E-state index in [2.05, 4.69) is 0 Å². The molecule has 1 fully saturated rings. The minimum absolute atomic E-state index is 0.0554. The van der Waals surface area contributed by atoms with Gasteiger partial charge in [0.1, 0.15) is 5.82 Å². The Bertz CT molecular complexity index is 479. The Hall–Kier alpha value is -1.46. The van der Waals surface area contributed by atoms with Gasteiger partial charge in [0, 0.05) is 25.2 Å². The van der Waals surface area contributed by atoms with E-state index in [1.807, 2.05) is 6.92 Å². The highest BCUT2D eigenvalue weighted by molar-refractivity contribution is 5.95. The smallest absolute Gasteiger partial charge is 0.254 e. The van der Waals surface area contributed by atoms with Gasteiger partial charge in [-0.3, -0.25) is 4.79 Å². The lowest BCUT2D eigenvalue weighted by Crippen LogP contribution is -2.51. The quantitative estimate of drug-likeness (QED) is 0.878. The highest BCUT2D eigenvalue weighted by Gasteiger charge is 2.28. The molecule has 0 bridgehead atoms. The minimum atomic E-state index is -0.398. The van der Waals surface area contributed by atoms with E-state index in [0.717, 1.165) is 5.56 Å². The van der Waals surface area contributed by atoms with Crippen molar-refractivity contribution in [2.45, 2.75) is 26.1 Å². The van der Waals surface area contributed by atoms with Gasteiger partial charge in [-0.1, -0.05) is 6.07 Å². The maximum absolute atomic E-state index is 13.3. The van der Waals surface area contributed by atoms with Crippen LogP contribution < -0.4 is 5.73 Å². The third-order valence-corrected chi connectivity index (χ3v) is 3.31. The number of morpholine rings is 1. The van der Waals surface area contributed by atoms with Crippen LogP contribution in [-0.2, 0) is 4.74 Å². The van der Waals surface area contributed by atoms with Crippen molar-refractivity contribution in [2.75, 3.05) is 19.6 Å². The van der Waals surface area contributed by atoms with Gasteiger partial charge in [0.25, 0.3) is 5.91 Å². The molecule has 1 aromatic rings. The fourth-order valence-electron chi connectivity index (χ4n) is 2.34. The van der Waals surface area contributed by atoms with Crippen molar-refractivity contribution < 1.29 is 13.9 Å². The van der Waals surface area contributed by atoms with Crippen molar-refractivity contribution in [3.63, 3.8) is 0 Å². The molecule has 0 saturated carbocycles. The topological polar surface area (TPSA) is 55.6 Å². The van der Waals surface area contributed by atoms with Crippen molar-refractivity contribution in [3.8, 4) is 0 Å². The lowest BCUT2D eigenvalue weighted by atomic mass is 10.1. The number of nitrogens with two attached hydrogens (primary N) is 1. The zero-order chi connectivity index (χ0) is 14.0. The number of hydrogen-bond acceptors (Lipinski definition) is 3. The van der Waals surface area contributed by atoms with Crippen molar-refractivity contribution in [1.82, 2.24) is 4.90 Å². The molecule has 1 amide bonds. The molecule has 2 N–H and O–H groups in total. The molecular weight excluding hydrogens is 247 g/mol. The Labute approximate surface area is 112 Å². The molecule has 2 unspecified atom stereocenters. The van der Waals surface area contributed by atoms with E-state index in [4.69, 9.17) is 10.5 Å². The summed E-state index contributed by atoms with van der Waals surface area (Å²) in [6.07, 6.45) is -0.207. The first-order valence-electron chi connectivity index (χ1n) is 6.42. The molecule has 4 nitrogen and oxygen atoms in total. The monoisotopic (exact) mass is 266 g/mol. The zero-order valence-electron chi connectivity index (χ0n) is 11.2. The molecule has 0 aromatic heterocycles. The summed E-state index contributed by atoms with van der Waals surface area (Å²) < 4.78 is 18.9. The predicted molar refractivity (Wildman–Crippen MR) is 70.4 cm³/mol. The molecule has 1 saturated heterocycles. The first-order chi connectivity index (χ1) is 9.01. The van der Waals surface area contributed by atoms with Gasteiger partial charge in [-0.2, -0.15) is 0 Å². The van der Waals surface area contributed by atoms with Gasteiger partial charge in [0.05, 0.1) is 12.2 Å². The molecule has 1 heterocycles. The van der Waals surface area contributed by atoms with Crippen LogP contribution in [0, 0.1) is 12.7 Å². The summed E-state index contributed by atoms with van der Waals surface area (Å²) in [5.41, 5.74) is 6.78. The maximum Gasteiger partial charge on any atom is 0.254 e. The number of carbonyl (C=O) groups excluding carboxylic acids is 1. The van der Waals surface area contributed by atoms with Crippen molar-refractivity contribution >= 4 is 5.91 Å². The Morgan fingerprint density at radius 1 is 1.53 bits per heavy atom. The number of amides is 1. The molecule has 1 aliphatic heterocycles. The minimum Gasteiger partial charge on any atom is -0.370 e. The average molecular weight is 266 g/mol. The van der Waals surface area contributed by atoms with Crippen molar-refractivity contribution in [1.29, 1.82) is 0 Å². The molecule has 1 aliphatic rings. The summed E-state index contributed by atoms with van der Waals surface area (Å²) in [4.78, 5) is 14.1. The van der Waals surface area contributed by atoms with Gasteiger partial charge < -0.3 is 15.4 Å². The van der Waals surface area contributed by atoms with E-state index >= 15 is 0 Å². The van der Waals surface area contributed by atoms with Crippen LogP contribution >= 0.6 is 0 Å². The number of halogens is 1. The van der Waals surface area contributed by atoms with E-state index in [1.54, 1.807) is 17.9 Å². The van der Waals surface area contributed by atoms with Gasteiger partial charge in [-0.25, -0.2) is 4.39 Å². The van der Waals surface area contributed by atoms with Crippen LogP contribution in [0.2, 0.25) is 0 Å². The van der Waals surface area contributed by atoms with E-state index in [0.29, 0.717) is 25.2 Å². The third kappa shape index (κ3) is 3.11. The average Bonchev–Trinajstić information content (AvgIpc) is 2.40. The van der Waals surface area contributed by atoms with Crippen LogP contribution in [0.15, 0.2) is 18.2 Å². The largest absolute Gasteiger partial charge is 0.370 e. The lowest BCUT2D eigenvalue weighted by Gasteiger charge is -2.36. The highest BCUT2D eigenvalue weighted by Crippen LogP contribution is 2.17. The molecule has 19 heavy (non-hydrogen) atoms. The number of carbonyl (C=O) groups is 1. The summed E-state index contributed by atoms with van der Waals surface area (Å²) in [6.45, 7) is 5.04. The molecular formula is C14H19FN2O2. The summed E-state index contributed by atoms with van der Waals surface area (Å²) in [5, 5.41) is 0. The summed E-state index contributed by atoms with van der Waals surface area (Å²) in [5.74, 6) is -0.559. The van der Waals surface area contributed by atoms with E-state index < -0.39 is 5.82 Å². The normalized spacial score (nSPS) is 23.5. The first-order valence-corrected chi connectivity index (χ1v) is 6.42. The number of rotatable bonds is 2. The second-order valence-electron chi connectivity index (χ2n) is 4.97. The van der Waals surface area contributed by atoms with Gasteiger partial charge in [0.15, 0.2) is 0 Å². The second kappa shape index (κ2) is 5.67. The Morgan fingerprint density at radius 3 is 2.95 bits per heavy atom. The second-order valence-corrected chi connectivity index (χ2v) is 4.97. The molecule has 0 radical (unpaired) electrons. The van der Waals surface area contributed by atoms with Crippen LogP contribution in [-0.4, -0.2) is 42.6 Å². The van der Waals surface area contributed by atoms with Crippen LogP contribution in [0.1, 0.15) is 22.8 Å². The number of hydrogen-bond donors (Lipinski definition) is 1. The van der Waals surface area contributed by atoms with Crippen LogP contribution in [0.3, 0.4) is 0 Å². The zero-order valence-corrected chi connectivity index (χ0v) is 11.2. The molecule has 1 aromatic carbocycles. The first kappa shape index (κ1) is 14.0. The summed E-state index contributed by atoms with van der Waals surface area (Å²) in [7, 11) is 0. The summed E-state index contributed by atoms with van der Waals surface area (Å²) >= 11 is 0. The van der Waals surface area contributed by atoms with E-state index in [1.165, 1.54) is 12.1 Å². The maximum atomic E-state index is 13.3. The highest BCUT2D eigenvalue weighted by atomic mass is 19.1. The summed E-state index contributed by atoms with van der Waals surface area (Å²) in [6, 6.07) is 4.26. The van der Waals surface area contributed by atoms with Crippen LogP contribution in [0.25, 0.3) is 0 Å². The van der Waals surface area contributed by atoms with Gasteiger partial charge in [0.2, 0.25) is 0 Å². The van der Waals surface area contributed by atoms with Crippen molar-refractivity contribution in [2.24, 2.45) is 5.73 Å². The van der Waals surface area contributed by atoms with Gasteiger partial charge in [-0.15, -0.1) is 0 Å². The molecule has 104 valence electrons. The fourth-order valence-corrected chi connectivity index (χ4v) is 2.34. The fraction of sp³-hybridized carbons (Fsp3) is 0.500.